The first-order valence-electron chi connectivity index (χ1n) is 6.40. The minimum Gasteiger partial charge on any atom is -0.469 e. The van der Waals surface area contributed by atoms with E-state index in [9.17, 15) is 13.2 Å². The van der Waals surface area contributed by atoms with E-state index in [-0.39, 0.29) is 29.6 Å². The number of carbonyl (C=O) groups excluding carboxylic acids is 1. The number of nitrogens with two attached hydrogens (primary N) is 1. The van der Waals surface area contributed by atoms with E-state index in [2.05, 4.69) is 0 Å². The highest BCUT2D eigenvalue weighted by molar-refractivity contribution is 7.89. The zero-order chi connectivity index (χ0) is 15.8. The van der Waals surface area contributed by atoms with Gasteiger partial charge in [-0.25, -0.2) is 8.42 Å². The maximum Gasteiger partial charge on any atom is 0.310 e. The first-order valence-corrected chi connectivity index (χ1v) is 8.22. The lowest BCUT2D eigenvalue weighted by Gasteiger charge is -2.16. The Kier molecular flexibility index (Phi) is 4.46. The first-order chi connectivity index (χ1) is 9.77. The van der Waals surface area contributed by atoms with Crippen LogP contribution in [0.5, 0.6) is 0 Å². The van der Waals surface area contributed by atoms with Crippen molar-refractivity contribution in [3.8, 4) is 0 Å². The molecule has 2 unspecified atom stereocenters. The van der Waals surface area contributed by atoms with Gasteiger partial charge in [-0.15, -0.1) is 0 Å². The van der Waals surface area contributed by atoms with Crippen LogP contribution in [0.1, 0.15) is 6.92 Å². The second-order valence-electron chi connectivity index (χ2n) is 5.11. The van der Waals surface area contributed by atoms with Crippen molar-refractivity contribution in [3.63, 3.8) is 0 Å². The number of hydrogen-bond donors (Lipinski definition) is 1. The Morgan fingerprint density at radius 1 is 1.43 bits per heavy atom. The summed E-state index contributed by atoms with van der Waals surface area (Å²) in [5, 5.41) is 0.302. The number of hydrogen-bond acceptors (Lipinski definition) is 5. The molecule has 0 amide bonds. The molecular weight excluding hydrogens is 316 g/mol. The highest BCUT2D eigenvalue weighted by Crippen LogP contribution is 2.31. The minimum atomic E-state index is -3.70. The standard InChI is InChI=1S/C13H17ClN2O4S/c1-8-6-16(7-10(8)13(17)20-2)21(18,19)9-3-4-11(14)12(15)5-9/h3-5,8,10H,6-7,15H2,1-2H3. The summed E-state index contributed by atoms with van der Waals surface area (Å²) < 4.78 is 31.1. The molecule has 6 nitrogen and oxygen atoms in total. The largest absolute Gasteiger partial charge is 0.469 e. The summed E-state index contributed by atoms with van der Waals surface area (Å²) in [6.07, 6.45) is 0. The van der Waals surface area contributed by atoms with Crippen molar-refractivity contribution in [1.29, 1.82) is 0 Å². The van der Waals surface area contributed by atoms with Gasteiger partial charge in [0.1, 0.15) is 0 Å². The second-order valence-corrected chi connectivity index (χ2v) is 7.46. The highest BCUT2D eigenvalue weighted by atomic mass is 35.5. The number of rotatable bonds is 3. The summed E-state index contributed by atoms with van der Waals surface area (Å²) in [5.74, 6) is -0.942. The van der Waals surface area contributed by atoms with Crippen LogP contribution in [-0.2, 0) is 19.6 Å². The molecule has 116 valence electrons. The Hall–Kier alpha value is -1.31. The molecule has 0 spiro atoms. The summed E-state index contributed by atoms with van der Waals surface area (Å²) in [6, 6.07) is 4.18. The van der Waals surface area contributed by atoms with Crippen molar-refractivity contribution in [1.82, 2.24) is 4.31 Å². The van der Waals surface area contributed by atoms with Gasteiger partial charge in [-0.05, 0) is 24.1 Å². The summed E-state index contributed by atoms with van der Waals surface area (Å²) in [5.41, 5.74) is 5.85. The van der Waals surface area contributed by atoms with E-state index in [4.69, 9.17) is 22.1 Å². The van der Waals surface area contributed by atoms with Crippen molar-refractivity contribution in [2.24, 2.45) is 11.8 Å². The molecule has 0 saturated carbocycles. The van der Waals surface area contributed by atoms with Gasteiger partial charge in [-0.1, -0.05) is 18.5 Å². The van der Waals surface area contributed by atoms with Gasteiger partial charge >= 0.3 is 5.97 Å². The number of anilines is 1. The molecule has 2 N–H and O–H groups in total. The van der Waals surface area contributed by atoms with Gasteiger partial charge in [-0.2, -0.15) is 4.31 Å². The summed E-state index contributed by atoms with van der Waals surface area (Å²) in [6.45, 7) is 2.21. The van der Waals surface area contributed by atoms with Crippen LogP contribution in [0.15, 0.2) is 23.1 Å². The van der Waals surface area contributed by atoms with Crippen LogP contribution in [0.2, 0.25) is 5.02 Å². The van der Waals surface area contributed by atoms with Crippen LogP contribution in [0.4, 0.5) is 5.69 Å². The number of esters is 1. The fourth-order valence-electron chi connectivity index (χ4n) is 2.41. The van der Waals surface area contributed by atoms with Gasteiger partial charge < -0.3 is 10.5 Å². The molecule has 1 aliphatic heterocycles. The summed E-state index contributed by atoms with van der Waals surface area (Å²) in [4.78, 5) is 11.7. The van der Waals surface area contributed by atoms with Crippen LogP contribution in [-0.4, -0.2) is 38.9 Å². The Bertz CT molecular complexity index is 662. The van der Waals surface area contributed by atoms with E-state index in [1.54, 1.807) is 0 Å². The predicted molar refractivity (Wildman–Crippen MR) is 79.3 cm³/mol. The van der Waals surface area contributed by atoms with E-state index in [0.29, 0.717) is 5.02 Å². The molecule has 0 aromatic heterocycles. The second kappa shape index (κ2) is 5.82. The molecule has 0 radical (unpaired) electrons. The molecule has 21 heavy (non-hydrogen) atoms. The first kappa shape index (κ1) is 16.1. The molecule has 1 aromatic rings. The molecule has 0 aliphatic carbocycles. The molecule has 2 rings (SSSR count). The van der Waals surface area contributed by atoms with Gasteiger partial charge in [0, 0.05) is 13.1 Å². The van der Waals surface area contributed by atoms with Gasteiger partial charge in [0.25, 0.3) is 0 Å². The van der Waals surface area contributed by atoms with Crippen molar-refractivity contribution < 1.29 is 17.9 Å². The lowest BCUT2D eigenvalue weighted by Crippen LogP contribution is -2.30. The number of nitrogen functional groups attached to an aromatic ring is 1. The molecule has 1 fully saturated rings. The van der Waals surface area contributed by atoms with E-state index in [1.165, 1.54) is 29.6 Å². The number of nitrogens with zero attached hydrogens (tertiary/aromatic N) is 1. The average Bonchev–Trinajstić information content (AvgIpc) is 2.83. The molecule has 0 bridgehead atoms. The maximum absolute atomic E-state index is 12.6. The normalized spacial score (nSPS) is 23.2. The smallest absolute Gasteiger partial charge is 0.310 e. The Balaban J connectivity index is 2.29. The van der Waals surface area contributed by atoms with Crippen LogP contribution < -0.4 is 5.73 Å². The van der Waals surface area contributed by atoms with E-state index in [1.807, 2.05) is 6.92 Å². The zero-order valence-electron chi connectivity index (χ0n) is 11.7. The van der Waals surface area contributed by atoms with Crippen molar-refractivity contribution >= 4 is 33.3 Å². The molecule has 1 aromatic carbocycles. The van der Waals surface area contributed by atoms with E-state index >= 15 is 0 Å². The van der Waals surface area contributed by atoms with Gasteiger partial charge in [0.05, 0.1) is 28.6 Å². The van der Waals surface area contributed by atoms with Crippen molar-refractivity contribution in [2.45, 2.75) is 11.8 Å². The predicted octanol–water partition coefficient (Wildman–Crippen LogP) is 1.35. The third-order valence-electron chi connectivity index (χ3n) is 3.69. The van der Waals surface area contributed by atoms with Crippen LogP contribution in [0, 0.1) is 11.8 Å². The average molecular weight is 333 g/mol. The molecule has 8 heteroatoms. The van der Waals surface area contributed by atoms with Crippen molar-refractivity contribution in [2.75, 3.05) is 25.9 Å². The number of benzene rings is 1. The number of methoxy groups -OCH3 is 1. The topological polar surface area (TPSA) is 89.7 Å². The molecule has 1 heterocycles. The number of sulfonamides is 1. The van der Waals surface area contributed by atoms with Crippen LogP contribution in [0.3, 0.4) is 0 Å². The van der Waals surface area contributed by atoms with E-state index in [0.717, 1.165) is 0 Å². The van der Waals surface area contributed by atoms with E-state index < -0.39 is 21.9 Å². The molecular formula is C13H17ClN2O4S. The highest BCUT2D eigenvalue weighted by Gasteiger charge is 2.41. The fraction of sp³-hybridized carbons (Fsp3) is 0.462. The monoisotopic (exact) mass is 332 g/mol. The number of ether oxygens (including phenoxy) is 1. The lowest BCUT2D eigenvalue weighted by molar-refractivity contribution is -0.145. The third-order valence-corrected chi connectivity index (χ3v) is 5.86. The zero-order valence-corrected chi connectivity index (χ0v) is 13.3. The third kappa shape index (κ3) is 3.00. The Labute approximate surface area is 128 Å². The van der Waals surface area contributed by atoms with Crippen molar-refractivity contribution in [3.05, 3.63) is 23.2 Å². The van der Waals surface area contributed by atoms with Gasteiger partial charge in [0.15, 0.2) is 0 Å². The number of carbonyl (C=O) groups is 1. The SMILES string of the molecule is COC(=O)C1CN(S(=O)(=O)c2ccc(Cl)c(N)c2)CC1C. The van der Waals surface area contributed by atoms with Gasteiger partial charge in [-0.3, -0.25) is 4.79 Å². The molecule has 2 atom stereocenters. The quantitative estimate of drug-likeness (QED) is 0.666. The lowest BCUT2D eigenvalue weighted by atomic mass is 9.99. The van der Waals surface area contributed by atoms with Crippen LogP contribution >= 0.6 is 11.6 Å². The minimum absolute atomic E-state index is 0.0714. The molecule has 1 saturated heterocycles. The summed E-state index contributed by atoms with van der Waals surface area (Å²) in [7, 11) is -2.40. The Morgan fingerprint density at radius 3 is 2.67 bits per heavy atom. The Morgan fingerprint density at radius 2 is 2.10 bits per heavy atom. The fourth-order valence-corrected chi connectivity index (χ4v) is 4.13. The molecule has 1 aliphatic rings. The van der Waals surface area contributed by atoms with Gasteiger partial charge in [0.2, 0.25) is 10.0 Å². The summed E-state index contributed by atoms with van der Waals surface area (Å²) >= 11 is 5.80. The van der Waals surface area contributed by atoms with Crippen LogP contribution in [0.25, 0.3) is 0 Å². The number of halogens is 1. The maximum atomic E-state index is 12.6.